The summed E-state index contributed by atoms with van der Waals surface area (Å²) in [5.74, 6) is -0.171. The van der Waals surface area contributed by atoms with E-state index >= 15 is 0 Å². The molecule has 0 bridgehead atoms. The lowest BCUT2D eigenvalue weighted by molar-refractivity contribution is -0.144. The van der Waals surface area contributed by atoms with E-state index in [0.717, 1.165) is 0 Å². The number of aliphatic hydroxyl groups excluding tert-OH is 1. The number of carbonyl (C=O) groups excluding carboxylic acids is 1. The van der Waals surface area contributed by atoms with E-state index in [1.54, 1.807) is 12.1 Å². The summed E-state index contributed by atoms with van der Waals surface area (Å²) in [7, 11) is -3.93. The molecule has 0 aromatic heterocycles. The number of para-hydroxylation sites is 1. The molecule has 0 unspecified atom stereocenters. The van der Waals surface area contributed by atoms with Crippen LogP contribution in [0.4, 0.5) is 5.69 Å². The Hall–Kier alpha value is -2.01. The number of ether oxygens (including phenoxy) is 2. The molecule has 2 aliphatic rings. The smallest absolute Gasteiger partial charge is 0.243 e. The summed E-state index contributed by atoms with van der Waals surface area (Å²) in [6.45, 7) is 0.00589. The molecule has 4 rings (SSSR count). The molecule has 2 saturated heterocycles. The van der Waals surface area contributed by atoms with E-state index in [4.69, 9.17) is 21.1 Å². The van der Waals surface area contributed by atoms with Crippen molar-refractivity contribution in [3.8, 4) is 0 Å². The summed E-state index contributed by atoms with van der Waals surface area (Å²) in [4.78, 5) is 12.5. The van der Waals surface area contributed by atoms with Crippen molar-refractivity contribution in [1.29, 1.82) is 0 Å². The second-order valence-corrected chi connectivity index (χ2v) is 10.6. The van der Waals surface area contributed by atoms with E-state index in [2.05, 4.69) is 5.32 Å². The highest BCUT2D eigenvalue weighted by molar-refractivity contribution is 7.89. The third kappa shape index (κ3) is 5.92. The van der Waals surface area contributed by atoms with Crippen molar-refractivity contribution in [2.24, 2.45) is 0 Å². The zero-order valence-corrected chi connectivity index (χ0v) is 19.5. The highest BCUT2D eigenvalue weighted by Crippen LogP contribution is 2.32. The van der Waals surface area contributed by atoms with Crippen molar-refractivity contribution in [2.45, 2.75) is 48.5 Å². The molecular weight excluding hydrogens is 468 g/mol. The van der Waals surface area contributed by atoms with Gasteiger partial charge in [0.25, 0.3) is 0 Å². The Morgan fingerprint density at radius 2 is 1.91 bits per heavy atom. The number of β-amino-alcohol motifs (C(OH)–C–C–N with tert-alkyl or cyclic N) is 1. The van der Waals surface area contributed by atoms with E-state index in [1.165, 1.54) is 16.4 Å². The Labute approximate surface area is 198 Å². The molecule has 178 valence electrons. The van der Waals surface area contributed by atoms with Gasteiger partial charge < -0.3 is 19.9 Å². The molecule has 2 aromatic rings. The van der Waals surface area contributed by atoms with E-state index in [1.807, 2.05) is 30.3 Å². The maximum Gasteiger partial charge on any atom is 0.243 e. The number of hydrogen-bond acceptors (Lipinski definition) is 6. The number of nitrogens with one attached hydrogen (secondary N) is 1. The first-order chi connectivity index (χ1) is 15.8. The monoisotopic (exact) mass is 494 g/mol. The van der Waals surface area contributed by atoms with Gasteiger partial charge in [0, 0.05) is 17.3 Å². The van der Waals surface area contributed by atoms with Crippen molar-refractivity contribution in [3.63, 3.8) is 0 Å². The van der Waals surface area contributed by atoms with Crippen LogP contribution in [-0.4, -0.2) is 67.8 Å². The Kier molecular flexibility index (Phi) is 7.68. The minimum Gasteiger partial charge on any atom is -0.389 e. The number of hydrogen-bond donors (Lipinski definition) is 2. The summed E-state index contributed by atoms with van der Waals surface area (Å²) in [6.07, 6.45) is -0.755. The van der Waals surface area contributed by atoms with Crippen LogP contribution in [0.25, 0.3) is 0 Å². The highest BCUT2D eigenvalue weighted by Gasteiger charge is 2.43. The number of amides is 1. The predicted octanol–water partition coefficient (Wildman–Crippen LogP) is 2.67. The fourth-order valence-corrected chi connectivity index (χ4v) is 6.29. The van der Waals surface area contributed by atoms with Crippen LogP contribution in [0.2, 0.25) is 5.02 Å². The number of sulfonamides is 1. The van der Waals surface area contributed by atoms with Crippen molar-refractivity contribution < 1.29 is 27.8 Å². The number of benzene rings is 2. The van der Waals surface area contributed by atoms with Gasteiger partial charge in [0.2, 0.25) is 15.9 Å². The molecule has 8 nitrogen and oxygen atoms in total. The van der Waals surface area contributed by atoms with Gasteiger partial charge in [0.05, 0.1) is 48.9 Å². The molecule has 2 N–H and O–H groups in total. The van der Waals surface area contributed by atoms with Crippen LogP contribution in [0.1, 0.15) is 19.3 Å². The highest BCUT2D eigenvalue weighted by atomic mass is 35.5. The Morgan fingerprint density at radius 1 is 1.12 bits per heavy atom. The molecule has 0 aliphatic carbocycles. The zero-order chi connectivity index (χ0) is 23.4. The number of rotatable bonds is 5. The molecule has 10 heteroatoms. The Bertz CT molecular complexity index is 1070. The van der Waals surface area contributed by atoms with Crippen LogP contribution in [-0.2, 0) is 24.3 Å². The third-order valence-corrected chi connectivity index (χ3v) is 7.93. The van der Waals surface area contributed by atoms with Gasteiger partial charge in [-0.15, -0.1) is 0 Å². The summed E-state index contributed by atoms with van der Waals surface area (Å²) in [5, 5.41) is 13.5. The summed E-state index contributed by atoms with van der Waals surface area (Å²) < 4.78 is 40.0. The van der Waals surface area contributed by atoms with Gasteiger partial charge >= 0.3 is 0 Å². The van der Waals surface area contributed by atoms with Crippen molar-refractivity contribution in [3.05, 3.63) is 59.6 Å². The summed E-state index contributed by atoms with van der Waals surface area (Å²) in [5.41, 5.74) is 0.707. The molecule has 1 amide bonds. The number of halogens is 1. The van der Waals surface area contributed by atoms with Gasteiger partial charge in [0.1, 0.15) is 0 Å². The molecule has 0 spiro atoms. The maximum absolute atomic E-state index is 13.5. The maximum atomic E-state index is 13.5. The Morgan fingerprint density at radius 3 is 2.67 bits per heavy atom. The van der Waals surface area contributed by atoms with E-state index in [-0.39, 0.29) is 43.1 Å². The number of anilines is 1. The molecule has 0 saturated carbocycles. The van der Waals surface area contributed by atoms with Gasteiger partial charge in [-0.25, -0.2) is 8.42 Å². The molecule has 2 aliphatic heterocycles. The summed E-state index contributed by atoms with van der Waals surface area (Å²) >= 11 is 6.02. The van der Waals surface area contributed by atoms with Crippen LogP contribution in [0.15, 0.2) is 59.5 Å². The van der Waals surface area contributed by atoms with Gasteiger partial charge in [-0.2, -0.15) is 4.31 Å². The van der Waals surface area contributed by atoms with Gasteiger partial charge in [-0.05, 0) is 43.2 Å². The normalized spacial score (nSPS) is 26.6. The molecular formula is C23H27ClN2O6S. The predicted molar refractivity (Wildman–Crippen MR) is 124 cm³/mol. The number of aliphatic hydroxyl groups is 1. The lowest BCUT2D eigenvalue weighted by Gasteiger charge is -2.43. The first-order valence-electron chi connectivity index (χ1n) is 10.9. The van der Waals surface area contributed by atoms with Gasteiger partial charge in [-0.1, -0.05) is 35.9 Å². The lowest BCUT2D eigenvalue weighted by atomic mass is 9.96. The average Bonchev–Trinajstić information content (AvgIpc) is 2.77. The molecule has 2 fully saturated rings. The van der Waals surface area contributed by atoms with Gasteiger partial charge in [0.15, 0.2) is 0 Å². The second-order valence-electron chi connectivity index (χ2n) is 8.28. The minimum atomic E-state index is -3.93. The quantitative estimate of drug-likeness (QED) is 0.662. The molecule has 0 radical (unpaired) electrons. The second kappa shape index (κ2) is 10.5. The van der Waals surface area contributed by atoms with Crippen LogP contribution >= 0.6 is 11.6 Å². The van der Waals surface area contributed by atoms with Crippen LogP contribution < -0.4 is 5.32 Å². The average molecular weight is 495 g/mol. The lowest BCUT2D eigenvalue weighted by Crippen LogP contribution is -2.57. The van der Waals surface area contributed by atoms with Crippen molar-refractivity contribution >= 4 is 33.2 Å². The number of fused-ring (bicyclic) bond motifs is 1. The topological polar surface area (TPSA) is 105 Å². The Balaban J connectivity index is 1.49. The molecule has 2 heterocycles. The molecule has 4 atom stereocenters. The van der Waals surface area contributed by atoms with E-state index in [0.29, 0.717) is 23.6 Å². The van der Waals surface area contributed by atoms with E-state index in [9.17, 15) is 18.3 Å². The fourth-order valence-electron chi connectivity index (χ4n) is 4.27. The SMILES string of the molecule is O=C(C[C@H]1CC[C@H]2[C@@H](COC[C@H](O)CN2S(=O)(=O)c2cccc(Cl)c2)O1)Nc1ccccc1. The standard InChI is InChI=1S/C23H27ClN2O6S/c24-16-5-4-8-20(11-16)33(29,30)26-13-18(27)14-31-15-22-21(26)10-9-19(32-22)12-23(28)25-17-6-2-1-3-7-17/h1-8,11,18-19,21-22,27H,9-10,12-15H2,(H,25,28)/t18-,19-,21+,22-/m1/s1. The molecule has 33 heavy (non-hydrogen) atoms. The zero-order valence-electron chi connectivity index (χ0n) is 18.0. The van der Waals surface area contributed by atoms with Crippen molar-refractivity contribution in [2.75, 3.05) is 25.1 Å². The van der Waals surface area contributed by atoms with Gasteiger partial charge in [-0.3, -0.25) is 4.79 Å². The fraction of sp³-hybridized carbons (Fsp3) is 0.435. The van der Waals surface area contributed by atoms with E-state index < -0.39 is 28.3 Å². The first kappa shape index (κ1) is 24.1. The largest absolute Gasteiger partial charge is 0.389 e. The number of nitrogens with zero attached hydrogens (tertiary/aromatic N) is 1. The first-order valence-corrected chi connectivity index (χ1v) is 12.7. The molecule has 2 aromatic carbocycles. The number of carbonyl (C=O) groups is 1. The van der Waals surface area contributed by atoms with Crippen LogP contribution in [0.5, 0.6) is 0 Å². The third-order valence-electron chi connectivity index (χ3n) is 5.81. The van der Waals surface area contributed by atoms with Crippen LogP contribution in [0, 0.1) is 0 Å². The minimum absolute atomic E-state index is 0.00664. The summed E-state index contributed by atoms with van der Waals surface area (Å²) in [6, 6.07) is 14.7. The van der Waals surface area contributed by atoms with Crippen LogP contribution in [0.3, 0.4) is 0 Å². The van der Waals surface area contributed by atoms with Crippen molar-refractivity contribution in [1.82, 2.24) is 4.31 Å².